The molecule has 0 spiro atoms. The number of benzene rings is 1. The molecule has 0 radical (unpaired) electrons. The van der Waals surface area contributed by atoms with Crippen LogP contribution in [-0.4, -0.2) is 56.1 Å². The van der Waals surface area contributed by atoms with Crippen LogP contribution < -0.4 is 10.6 Å². The summed E-state index contributed by atoms with van der Waals surface area (Å²) in [5, 5.41) is 13.2. The number of amides is 3. The van der Waals surface area contributed by atoms with Gasteiger partial charge in [0, 0.05) is 43.6 Å². The number of rotatable bonds is 5. The number of fused-ring (bicyclic) bond motifs is 1. The largest absolute Gasteiger partial charge is 0.331 e. The third-order valence-electron chi connectivity index (χ3n) is 5.57. The molecule has 0 saturated heterocycles. The molecule has 4 aromatic heterocycles. The predicted octanol–water partition coefficient (Wildman–Crippen LogP) is 4.57. The highest BCUT2D eigenvalue weighted by atomic mass is 19.1. The molecule has 3 amide bonds. The number of hydrogen-bond acceptors (Lipinski definition) is 6. The van der Waals surface area contributed by atoms with E-state index in [0.29, 0.717) is 28.0 Å². The number of H-pyrrole nitrogens is 1. The number of urea groups is 1. The summed E-state index contributed by atoms with van der Waals surface area (Å²) >= 11 is 0. The summed E-state index contributed by atoms with van der Waals surface area (Å²) in [5.41, 5.74) is 4.07. The molecule has 10 nitrogen and oxygen atoms in total. The molecular weight excluding hydrogens is 475 g/mol. The molecule has 1 aromatic carbocycles. The molecule has 11 heteroatoms. The minimum Gasteiger partial charge on any atom is -0.331 e. The minimum absolute atomic E-state index is 0.198. The smallest absolute Gasteiger partial charge is 0.321 e. The number of anilines is 2. The van der Waals surface area contributed by atoms with E-state index in [4.69, 9.17) is 0 Å². The van der Waals surface area contributed by atoms with Crippen molar-refractivity contribution in [3.8, 4) is 22.4 Å². The number of nitrogens with one attached hydrogen (secondary N) is 3. The van der Waals surface area contributed by atoms with Crippen molar-refractivity contribution < 1.29 is 14.0 Å². The highest BCUT2D eigenvalue weighted by Gasteiger charge is 2.16. The van der Waals surface area contributed by atoms with Crippen molar-refractivity contribution in [1.82, 2.24) is 30.0 Å². The van der Waals surface area contributed by atoms with Gasteiger partial charge in [-0.25, -0.2) is 9.18 Å². The molecule has 0 aliphatic carbocycles. The van der Waals surface area contributed by atoms with Crippen LogP contribution in [0.5, 0.6) is 0 Å². The highest BCUT2D eigenvalue weighted by molar-refractivity contribution is 6.11. The zero-order chi connectivity index (χ0) is 25.9. The zero-order valence-electron chi connectivity index (χ0n) is 19.9. The van der Waals surface area contributed by atoms with Crippen LogP contribution in [0.15, 0.2) is 73.4 Å². The van der Waals surface area contributed by atoms with Crippen molar-refractivity contribution in [3.05, 3.63) is 85.0 Å². The van der Waals surface area contributed by atoms with E-state index in [9.17, 15) is 14.0 Å². The van der Waals surface area contributed by atoms with E-state index in [1.807, 2.05) is 18.2 Å². The Labute approximate surface area is 210 Å². The topological polar surface area (TPSA) is 129 Å². The number of aromatic amines is 1. The van der Waals surface area contributed by atoms with Gasteiger partial charge in [-0.3, -0.25) is 24.8 Å². The maximum Gasteiger partial charge on any atom is 0.321 e. The van der Waals surface area contributed by atoms with E-state index >= 15 is 0 Å². The van der Waals surface area contributed by atoms with Crippen molar-refractivity contribution in [2.24, 2.45) is 0 Å². The second-order valence-corrected chi connectivity index (χ2v) is 8.36. The van der Waals surface area contributed by atoms with Gasteiger partial charge in [-0.1, -0.05) is 6.07 Å². The number of carbonyl (C=O) groups is 2. The number of halogens is 1. The van der Waals surface area contributed by atoms with Crippen molar-refractivity contribution in [3.63, 3.8) is 0 Å². The van der Waals surface area contributed by atoms with Gasteiger partial charge in [0.25, 0.3) is 5.91 Å². The van der Waals surface area contributed by atoms with Crippen LogP contribution in [0.25, 0.3) is 33.3 Å². The fourth-order valence-electron chi connectivity index (χ4n) is 3.65. The lowest BCUT2D eigenvalue weighted by Gasteiger charge is -2.12. The second kappa shape index (κ2) is 9.82. The van der Waals surface area contributed by atoms with Gasteiger partial charge in [0.1, 0.15) is 5.82 Å². The van der Waals surface area contributed by atoms with Crippen LogP contribution in [-0.2, 0) is 0 Å². The third-order valence-corrected chi connectivity index (χ3v) is 5.57. The maximum atomic E-state index is 14.0. The SMILES string of the molecule is CN(C)C(=O)Nc1cncc(-c2ccc3[nH]nc(C(=O)Nc4ccc(-c5cnccc5F)nc4)c3c2)c1. The van der Waals surface area contributed by atoms with Crippen molar-refractivity contribution in [1.29, 1.82) is 0 Å². The average Bonchev–Trinajstić information content (AvgIpc) is 3.33. The standard InChI is InChI=1S/C26H21FN8O2/c1-35(2)26(37)32-18-9-16(11-29-12-18)15-3-5-23-19(10-15)24(34-33-23)25(36)31-17-4-6-22(30-13-17)20-14-28-8-7-21(20)27/h3-14H,1-2H3,(H,31,36)(H,32,37)(H,33,34). The number of aromatic nitrogens is 5. The second-order valence-electron chi connectivity index (χ2n) is 8.36. The Bertz CT molecular complexity index is 1620. The molecule has 0 fully saturated rings. The van der Waals surface area contributed by atoms with Gasteiger partial charge in [-0.15, -0.1) is 0 Å². The summed E-state index contributed by atoms with van der Waals surface area (Å²) in [4.78, 5) is 38.8. The maximum absolute atomic E-state index is 14.0. The Morgan fingerprint density at radius 2 is 1.76 bits per heavy atom. The van der Waals surface area contributed by atoms with E-state index in [2.05, 4.69) is 35.8 Å². The summed E-state index contributed by atoms with van der Waals surface area (Å²) < 4.78 is 14.0. The molecule has 4 heterocycles. The molecule has 37 heavy (non-hydrogen) atoms. The van der Waals surface area contributed by atoms with E-state index < -0.39 is 11.7 Å². The van der Waals surface area contributed by atoms with Gasteiger partial charge in [0.15, 0.2) is 5.69 Å². The predicted molar refractivity (Wildman–Crippen MR) is 137 cm³/mol. The van der Waals surface area contributed by atoms with Gasteiger partial charge in [0.05, 0.1) is 40.5 Å². The van der Waals surface area contributed by atoms with E-state index in [1.54, 1.807) is 44.7 Å². The van der Waals surface area contributed by atoms with Gasteiger partial charge in [0.2, 0.25) is 0 Å². The van der Waals surface area contributed by atoms with Crippen LogP contribution in [0, 0.1) is 5.82 Å². The van der Waals surface area contributed by atoms with Crippen LogP contribution in [0.3, 0.4) is 0 Å². The minimum atomic E-state index is -0.435. The van der Waals surface area contributed by atoms with Crippen LogP contribution in [0.2, 0.25) is 0 Å². The Kier molecular flexibility index (Phi) is 6.25. The van der Waals surface area contributed by atoms with E-state index in [1.165, 1.54) is 29.6 Å². The lowest BCUT2D eigenvalue weighted by atomic mass is 10.0. The first-order chi connectivity index (χ1) is 17.9. The Balaban J connectivity index is 1.38. The normalized spacial score (nSPS) is 10.8. The molecule has 3 N–H and O–H groups in total. The van der Waals surface area contributed by atoms with Crippen LogP contribution >= 0.6 is 0 Å². The number of nitrogens with zero attached hydrogens (tertiary/aromatic N) is 5. The summed E-state index contributed by atoms with van der Waals surface area (Å²) in [7, 11) is 3.30. The van der Waals surface area contributed by atoms with Gasteiger partial charge >= 0.3 is 6.03 Å². The van der Waals surface area contributed by atoms with Crippen LogP contribution in [0.4, 0.5) is 20.6 Å². The molecule has 0 aliphatic heterocycles. The Morgan fingerprint density at radius 1 is 0.892 bits per heavy atom. The van der Waals surface area contributed by atoms with Crippen LogP contribution in [0.1, 0.15) is 10.5 Å². The summed E-state index contributed by atoms with van der Waals surface area (Å²) in [6.45, 7) is 0. The average molecular weight is 497 g/mol. The first-order valence-electron chi connectivity index (χ1n) is 11.2. The molecular formula is C26H21FN8O2. The van der Waals surface area contributed by atoms with E-state index in [0.717, 1.165) is 11.1 Å². The summed E-state index contributed by atoms with van der Waals surface area (Å²) in [6, 6.07) is 11.5. The fourth-order valence-corrected chi connectivity index (χ4v) is 3.65. The van der Waals surface area contributed by atoms with Crippen molar-refractivity contribution in [2.75, 3.05) is 24.7 Å². The first kappa shape index (κ1) is 23.5. The third kappa shape index (κ3) is 4.96. The van der Waals surface area contributed by atoms with Crippen molar-refractivity contribution in [2.45, 2.75) is 0 Å². The molecule has 5 aromatic rings. The molecule has 0 saturated carbocycles. The van der Waals surface area contributed by atoms with E-state index in [-0.39, 0.29) is 17.3 Å². The molecule has 0 aliphatic rings. The summed E-state index contributed by atoms with van der Waals surface area (Å²) in [6.07, 6.45) is 7.43. The number of hydrogen-bond donors (Lipinski definition) is 3. The molecule has 184 valence electrons. The van der Waals surface area contributed by atoms with Crippen molar-refractivity contribution >= 4 is 34.2 Å². The molecule has 5 rings (SSSR count). The monoisotopic (exact) mass is 496 g/mol. The lowest BCUT2D eigenvalue weighted by molar-refractivity contribution is 0.102. The number of carbonyl (C=O) groups excluding carboxylic acids is 2. The molecule has 0 unspecified atom stereocenters. The number of pyridine rings is 3. The zero-order valence-corrected chi connectivity index (χ0v) is 19.9. The van der Waals surface area contributed by atoms with Gasteiger partial charge in [-0.2, -0.15) is 5.10 Å². The molecule has 0 atom stereocenters. The molecule has 0 bridgehead atoms. The van der Waals surface area contributed by atoms with Gasteiger partial charge in [-0.05, 0) is 42.0 Å². The highest BCUT2D eigenvalue weighted by Crippen LogP contribution is 2.27. The first-order valence-corrected chi connectivity index (χ1v) is 11.2. The lowest BCUT2D eigenvalue weighted by Crippen LogP contribution is -2.27. The fraction of sp³-hybridized carbons (Fsp3) is 0.0769. The Morgan fingerprint density at radius 3 is 2.51 bits per heavy atom. The summed E-state index contributed by atoms with van der Waals surface area (Å²) in [5.74, 6) is -0.866. The van der Waals surface area contributed by atoms with Gasteiger partial charge < -0.3 is 15.5 Å². The quantitative estimate of drug-likeness (QED) is 0.327. The Hall–Kier alpha value is -5.19.